The minimum absolute atomic E-state index is 0.177. The number of hydrogen-bond donors (Lipinski definition) is 2. The van der Waals surface area contributed by atoms with Gasteiger partial charge in [0.25, 0.3) is 0 Å². The summed E-state index contributed by atoms with van der Waals surface area (Å²) in [6.07, 6.45) is 4.42. The lowest BCUT2D eigenvalue weighted by atomic mass is 9.93. The molecule has 0 spiro atoms. The molecule has 3 fully saturated rings. The van der Waals surface area contributed by atoms with Crippen molar-refractivity contribution in [2.75, 3.05) is 45.8 Å². The normalized spacial score (nSPS) is 15.9. The molecule has 0 saturated carbocycles. The highest BCUT2D eigenvalue weighted by molar-refractivity contribution is 9.10. The minimum Gasteiger partial charge on any atom is -0.444 e. The van der Waals surface area contributed by atoms with E-state index in [0.717, 1.165) is 49.4 Å². The molecule has 6 rings (SSSR count). The van der Waals surface area contributed by atoms with Gasteiger partial charge in [-0.2, -0.15) is 0 Å². The molecule has 3 saturated heterocycles. The number of nitrogens with two attached hydrogens (primary N) is 1. The predicted octanol–water partition coefficient (Wildman–Crippen LogP) is 8.59. The summed E-state index contributed by atoms with van der Waals surface area (Å²) < 4.78 is 11.7. The van der Waals surface area contributed by atoms with Crippen LogP contribution >= 0.6 is 15.9 Å². The predicted molar refractivity (Wildman–Crippen MR) is 212 cm³/mol. The van der Waals surface area contributed by atoms with E-state index in [1.165, 1.54) is 37.1 Å². The van der Waals surface area contributed by atoms with Crippen LogP contribution in [0, 0.1) is 17.8 Å². The number of carbonyl (C=O) groups excluding carboxylic acids is 2. The van der Waals surface area contributed by atoms with Gasteiger partial charge in [0, 0.05) is 36.6 Å². The SMILES string of the molecule is Brc1ccccc1.CC(C)(C)OC(=O)N1CC(CCc2ccccc2)C1.CC(C)(C)OC(=O)N1CC(CN)C1.c1ccc(CCC2CNC2)cc1. The van der Waals surface area contributed by atoms with Gasteiger partial charge in [0.05, 0.1) is 0 Å². The molecular weight excluding hydrogens is 704 g/mol. The summed E-state index contributed by atoms with van der Waals surface area (Å²) in [6, 6.07) is 31.2. The zero-order valence-corrected chi connectivity index (χ0v) is 33.2. The van der Waals surface area contributed by atoms with Crippen LogP contribution in [0.3, 0.4) is 0 Å². The van der Waals surface area contributed by atoms with E-state index >= 15 is 0 Å². The molecule has 3 heterocycles. The van der Waals surface area contributed by atoms with E-state index in [-0.39, 0.29) is 12.2 Å². The molecule has 3 aliphatic rings. The molecule has 0 unspecified atom stereocenters. The van der Waals surface area contributed by atoms with Crippen molar-refractivity contribution in [2.45, 2.75) is 78.4 Å². The van der Waals surface area contributed by atoms with E-state index in [2.05, 4.69) is 75.8 Å². The quantitative estimate of drug-likeness (QED) is 0.250. The number of rotatable bonds is 7. The maximum atomic E-state index is 11.8. The molecule has 2 amide bonds. The smallest absolute Gasteiger partial charge is 0.410 e. The third-order valence-electron chi connectivity index (χ3n) is 8.52. The third-order valence-corrected chi connectivity index (χ3v) is 9.05. The molecule has 0 bridgehead atoms. The average molecular weight is 766 g/mol. The topological polar surface area (TPSA) is 97.1 Å². The van der Waals surface area contributed by atoms with Gasteiger partial charge in [0.2, 0.25) is 0 Å². The second kappa shape index (κ2) is 21.2. The van der Waals surface area contributed by atoms with Gasteiger partial charge in [-0.3, -0.25) is 0 Å². The van der Waals surface area contributed by atoms with Crippen LogP contribution in [0.25, 0.3) is 0 Å². The molecule has 9 heteroatoms. The van der Waals surface area contributed by atoms with E-state index in [1.54, 1.807) is 9.80 Å². The van der Waals surface area contributed by atoms with Crippen molar-refractivity contribution < 1.29 is 19.1 Å². The Morgan fingerprint density at radius 1 is 0.647 bits per heavy atom. The number of benzene rings is 3. The van der Waals surface area contributed by atoms with Crippen LogP contribution in [0.2, 0.25) is 0 Å². The van der Waals surface area contributed by atoms with Crippen molar-refractivity contribution in [3.63, 3.8) is 0 Å². The second-order valence-electron chi connectivity index (χ2n) is 15.6. The highest BCUT2D eigenvalue weighted by Crippen LogP contribution is 2.23. The van der Waals surface area contributed by atoms with Gasteiger partial charge in [-0.25, -0.2) is 9.59 Å². The van der Waals surface area contributed by atoms with Crippen molar-refractivity contribution in [3.05, 3.63) is 107 Å². The zero-order valence-electron chi connectivity index (χ0n) is 31.7. The lowest BCUT2D eigenvalue weighted by Gasteiger charge is -2.39. The number of nitrogens with one attached hydrogen (secondary N) is 1. The van der Waals surface area contributed by atoms with Gasteiger partial charge in [0.15, 0.2) is 0 Å². The summed E-state index contributed by atoms with van der Waals surface area (Å²) in [5.41, 5.74) is 7.50. The fourth-order valence-electron chi connectivity index (χ4n) is 5.42. The van der Waals surface area contributed by atoms with Gasteiger partial charge in [0.1, 0.15) is 11.2 Å². The highest BCUT2D eigenvalue weighted by atomic mass is 79.9. The van der Waals surface area contributed by atoms with Crippen LogP contribution in [0.1, 0.15) is 65.5 Å². The number of ether oxygens (including phenoxy) is 2. The van der Waals surface area contributed by atoms with Crippen LogP contribution in [0.4, 0.5) is 9.59 Å². The number of carbonyl (C=O) groups is 2. The van der Waals surface area contributed by atoms with Crippen LogP contribution in [-0.4, -0.2) is 79.0 Å². The summed E-state index contributed by atoms with van der Waals surface area (Å²) >= 11 is 3.31. The molecule has 51 heavy (non-hydrogen) atoms. The van der Waals surface area contributed by atoms with Gasteiger partial charge in [-0.15, -0.1) is 0 Å². The van der Waals surface area contributed by atoms with Crippen molar-refractivity contribution >= 4 is 28.1 Å². The molecule has 3 N–H and O–H groups in total. The van der Waals surface area contributed by atoms with Crippen LogP contribution in [0.15, 0.2) is 95.5 Å². The largest absolute Gasteiger partial charge is 0.444 e. The third kappa shape index (κ3) is 17.6. The Labute approximate surface area is 315 Å². The van der Waals surface area contributed by atoms with Gasteiger partial charge >= 0.3 is 12.2 Å². The molecule has 3 aliphatic heterocycles. The lowest BCUT2D eigenvalue weighted by molar-refractivity contribution is -0.00229. The molecular formula is C42H61BrN4O4. The van der Waals surface area contributed by atoms with E-state index in [4.69, 9.17) is 15.2 Å². The monoisotopic (exact) mass is 764 g/mol. The second-order valence-corrected chi connectivity index (χ2v) is 16.5. The van der Waals surface area contributed by atoms with Gasteiger partial charge in [-0.05, 0) is 122 Å². The Bertz CT molecular complexity index is 1400. The molecule has 0 aliphatic carbocycles. The first kappa shape index (κ1) is 42.0. The summed E-state index contributed by atoms with van der Waals surface area (Å²) in [4.78, 5) is 26.6. The maximum Gasteiger partial charge on any atom is 0.410 e. The number of amides is 2. The van der Waals surface area contributed by atoms with E-state index < -0.39 is 11.2 Å². The molecule has 0 aromatic heterocycles. The van der Waals surface area contributed by atoms with Gasteiger partial charge < -0.3 is 30.3 Å². The Balaban J connectivity index is 0.000000193. The Kier molecular flexibility index (Phi) is 17.5. The average Bonchev–Trinajstić information content (AvgIpc) is 3.00. The number of likely N-dealkylation sites (tertiary alicyclic amines) is 2. The summed E-state index contributed by atoms with van der Waals surface area (Å²) in [5.74, 6) is 2.02. The first-order chi connectivity index (χ1) is 24.2. The first-order valence-corrected chi connectivity index (χ1v) is 19.1. The number of aryl methyl sites for hydroxylation is 2. The standard InChI is InChI=1S/C16H23NO2.C11H15N.C9H18N2O2.C6H5Br/c1-16(2,3)19-15(18)17-11-14(12-17)10-9-13-7-5-4-6-8-13;1-2-4-10(5-3-1)6-7-11-8-12-9-11;1-9(2,3)13-8(12)11-5-7(4-10)6-11;7-6-4-2-1-3-5-6/h4-8,14H,9-12H2,1-3H3;1-5,11-12H,6-9H2;7H,4-6,10H2,1-3H3;1-5H. The lowest BCUT2D eigenvalue weighted by Crippen LogP contribution is -2.53. The summed E-state index contributed by atoms with van der Waals surface area (Å²) in [6.45, 7) is 17.6. The fraction of sp³-hybridized carbons (Fsp3) is 0.524. The van der Waals surface area contributed by atoms with Gasteiger partial charge in [-0.1, -0.05) is 94.8 Å². The van der Waals surface area contributed by atoms with Crippen molar-refractivity contribution in [3.8, 4) is 0 Å². The number of halogens is 1. The van der Waals surface area contributed by atoms with Crippen LogP contribution in [-0.2, 0) is 22.3 Å². The number of nitrogens with zero attached hydrogens (tertiary/aromatic N) is 2. The fourth-order valence-corrected chi connectivity index (χ4v) is 5.73. The van der Waals surface area contributed by atoms with Crippen molar-refractivity contribution in [1.29, 1.82) is 0 Å². The Morgan fingerprint density at radius 2 is 1.02 bits per heavy atom. The Morgan fingerprint density at radius 3 is 1.33 bits per heavy atom. The van der Waals surface area contributed by atoms with Crippen molar-refractivity contribution in [1.82, 2.24) is 15.1 Å². The van der Waals surface area contributed by atoms with E-state index in [9.17, 15) is 9.59 Å². The Hall–Kier alpha value is -3.40. The summed E-state index contributed by atoms with van der Waals surface area (Å²) in [7, 11) is 0. The van der Waals surface area contributed by atoms with Crippen LogP contribution in [0.5, 0.6) is 0 Å². The number of hydrogen-bond acceptors (Lipinski definition) is 6. The molecule has 8 nitrogen and oxygen atoms in total. The van der Waals surface area contributed by atoms with E-state index in [1.807, 2.05) is 77.9 Å². The van der Waals surface area contributed by atoms with Crippen molar-refractivity contribution in [2.24, 2.45) is 23.5 Å². The molecule has 3 aromatic carbocycles. The molecule has 0 radical (unpaired) electrons. The minimum atomic E-state index is -0.398. The summed E-state index contributed by atoms with van der Waals surface area (Å²) in [5, 5.41) is 3.30. The molecule has 280 valence electrons. The molecule has 3 aromatic rings. The zero-order chi connectivity index (χ0) is 37.3. The molecule has 0 atom stereocenters. The van der Waals surface area contributed by atoms with Crippen LogP contribution < -0.4 is 11.1 Å². The van der Waals surface area contributed by atoms with E-state index in [0.29, 0.717) is 18.4 Å². The maximum absolute atomic E-state index is 11.8. The highest BCUT2D eigenvalue weighted by Gasteiger charge is 2.34. The first-order valence-electron chi connectivity index (χ1n) is 18.4.